The highest BCUT2D eigenvalue weighted by atomic mass is 16.6. The van der Waals surface area contributed by atoms with Gasteiger partial charge in [-0.2, -0.15) is 0 Å². The number of piperidine rings is 1. The van der Waals surface area contributed by atoms with Gasteiger partial charge in [-0.15, -0.1) is 0 Å². The molecule has 0 radical (unpaired) electrons. The molecule has 1 saturated heterocycles. The van der Waals surface area contributed by atoms with Crippen molar-refractivity contribution in [2.75, 3.05) is 19.6 Å². The number of ether oxygens (including phenoxy) is 1. The van der Waals surface area contributed by atoms with E-state index >= 15 is 0 Å². The third-order valence-electron chi connectivity index (χ3n) is 2.67. The van der Waals surface area contributed by atoms with Crippen LogP contribution >= 0.6 is 0 Å². The van der Waals surface area contributed by atoms with Crippen LogP contribution in [-0.4, -0.2) is 42.3 Å². The van der Waals surface area contributed by atoms with E-state index in [1.54, 1.807) is 0 Å². The molecule has 4 nitrogen and oxygen atoms in total. The monoisotopic (exact) mass is 228 g/mol. The number of carbonyl (C=O) groups excluding carboxylic acids is 1. The van der Waals surface area contributed by atoms with E-state index < -0.39 is 5.60 Å². The normalized spacial score (nSPS) is 22.9. The number of rotatable bonds is 2. The minimum atomic E-state index is -0.413. The summed E-state index contributed by atoms with van der Waals surface area (Å²) in [5, 5.41) is 2.94. The quantitative estimate of drug-likeness (QED) is 0.786. The average Bonchev–Trinajstić information content (AvgIpc) is 2.15. The first kappa shape index (κ1) is 13.3. The molecule has 1 aliphatic heterocycles. The van der Waals surface area contributed by atoms with Crippen molar-refractivity contribution < 1.29 is 9.53 Å². The van der Waals surface area contributed by atoms with E-state index in [0.29, 0.717) is 0 Å². The van der Waals surface area contributed by atoms with Crippen molar-refractivity contribution in [1.82, 2.24) is 10.2 Å². The van der Waals surface area contributed by atoms with Gasteiger partial charge in [-0.25, -0.2) is 4.79 Å². The molecule has 0 aromatic carbocycles. The van der Waals surface area contributed by atoms with Gasteiger partial charge in [0.2, 0.25) is 0 Å². The van der Waals surface area contributed by atoms with Gasteiger partial charge in [-0.05, 0) is 46.7 Å². The van der Waals surface area contributed by atoms with Crippen LogP contribution in [0.15, 0.2) is 0 Å². The Bertz CT molecular complexity index is 236. The molecule has 0 aromatic heterocycles. The molecule has 4 heteroatoms. The third-order valence-corrected chi connectivity index (χ3v) is 2.67. The number of hydrogen-bond donors (Lipinski definition) is 1. The van der Waals surface area contributed by atoms with Crippen molar-refractivity contribution in [3.63, 3.8) is 0 Å². The van der Waals surface area contributed by atoms with Gasteiger partial charge < -0.3 is 15.0 Å². The molecule has 0 saturated carbocycles. The topological polar surface area (TPSA) is 41.6 Å². The lowest BCUT2D eigenvalue weighted by Gasteiger charge is -2.32. The maximum absolute atomic E-state index is 11.6. The maximum Gasteiger partial charge on any atom is 0.407 e. The molecule has 1 amide bonds. The minimum Gasteiger partial charge on any atom is -0.444 e. The van der Waals surface area contributed by atoms with E-state index in [0.717, 1.165) is 32.5 Å². The summed E-state index contributed by atoms with van der Waals surface area (Å²) >= 11 is 0. The second-order valence-corrected chi connectivity index (χ2v) is 5.38. The zero-order valence-corrected chi connectivity index (χ0v) is 10.9. The molecule has 0 unspecified atom stereocenters. The van der Waals surface area contributed by atoms with Gasteiger partial charge >= 0.3 is 6.09 Å². The van der Waals surface area contributed by atoms with E-state index in [2.05, 4.69) is 17.1 Å². The van der Waals surface area contributed by atoms with Gasteiger partial charge in [-0.3, -0.25) is 0 Å². The molecule has 0 aromatic rings. The fraction of sp³-hybridized carbons (Fsp3) is 0.917. The average molecular weight is 228 g/mol. The van der Waals surface area contributed by atoms with Crippen LogP contribution in [-0.2, 0) is 4.74 Å². The largest absolute Gasteiger partial charge is 0.444 e. The Kier molecular flexibility index (Phi) is 4.59. The van der Waals surface area contributed by atoms with Crippen molar-refractivity contribution in [3.05, 3.63) is 0 Å². The van der Waals surface area contributed by atoms with Gasteiger partial charge in [0.25, 0.3) is 0 Å². The Morgan fingerprint density at radius 1 is 1.50 bits per heavy atom. The molecule has 1 N–H and O–H groups in total. The number of amides is 1. The van der Waals surface area contributed by atoms with Gasteiger partial charge in [-0.1, -0.05) is 6.92 Å². The molecule has 1 fully saturated rings. The van der Waals surface area contributed by atoms with Gasteiger partial charge in [0.05, 0.1) is 0 Å². The number of nitrogens with one attached hydrogen (secondary N) is 1. The number of hydrogen-bond acceptors (Lipinski definition) is 3. The number of nitrogens with zero attached hydrogens (tertiary/aromatic N) is 1. The lowest BCUT2D eigenvalue weighted by Crippen LogP contribution is -2.48. The third kappa shape index (κ3) is 4.84. The first-order chi connectivity index (χ1) is 7.40. The molecule has 0 spiro atoms. The van der Waals surface area contributed by atoms with Crippen LogP contribution in [0.3, 0.4) is 0 Å². The number of likely N-dealkylation sites (tertiary alicyclic amines) is 1. The van der Waals surface area contributed by atoms with Crippen molar-refractivity contribution in [1.29, 1.82) is 0 Å². The summed E-state index contributed by atoms with van der Waals surface area (Å²) in [7, 11) is 0. The van der Waals surface area contributed by atoms with Crippen LogP contribution in [0.25, 0.3) is 0 Å². The molecule has 1 aliphatic rings. The molecule has 1 rings (SSSR count). The van der Waals surface area contributed by atoms with Crippen LogP contribution in [0.1, 0.15) is 40.5 Å². The second-order valence-electron chi connectivity index (χ2n) is 5.38. The lowest BCUT2D eigenvalue weighted by atomic mass is 10.1. The van der Waals surface area contributed by atoms with Crippen molar-refractivity contribution in [2.24, 2.45) is 0 Å². The van der Waals surface area contributed by atoms with Gasteiger partial charge in [0, 0.05) is 12.6 Å². The summed E-state index contributed by atoms with van der Waals surface area (Å²) in [5.74, 6) is 0. The predicted molar refractivity (Wildman–Crippen MR) is 64.5 cm³/mol. The summed E-state index contributed by atoms with van der Waals surface area (Å²) in [6.07, 6.45) is 1.90. The van der Waals surface area contributed by atoms with E-state index in [9.17, 15) is 4.79 Å². The summed E-state index contributed by atoms with van der Waals surface area (Å²) in [6, 6.07) is 0.239. The van der Waals surface area contributed by atoms with Gasteiger partial charge in [0.15, 0.2) is 0 Å². The highest BCUT2D eigenvalue weighted by Crippen LogP contribution is 2.11. The van der Waals surface area contributed by atoms with Crippen LogP contribution in [0.2, 0.25) is 0 Å². The molecule has 0 aliphatic carbocycles. The molecular weight excluding hydrogens is 204 g/mol. The van der Waals surface area contributed by atoms with Gasteiger partial charge in [0.1, 0.15) is 5.60 Å². The number of alkyl carbamates (subject to hydrolysis) is 1. The molecule has 16 heavy (non-hydrogen) atoms. The van der Waals surface area contributed by atoms with E-state index in [4.69, 9.17) is 4.74 Å². The molecule has 1 atom stereocenters. The Labute approximate surface area is 98.3 Å². The second kappa shape index (κ2) is 5.53. The van der Waals surface area contributed by atoms with Crippen LogP contribution < -0.4 is 5.32 Å². The minimum absolute atomic E-state index is 0.239. The zero-order valence-electron chi connectivity index (χ0n) is 10.9. The summed E-state index contributed by atoms with van der Waals surface area (Å²) in [4.78, 5) is 13.9. The summed E-state index contributed by atoms with van der Waals surface area (Å²) in [6.45, 7) is 10.9. The summed E-state index contributed by atoms with van der Waals surface area (Å²) in [5.41, 5.74) is -0.413. The first-order valence-corrected chi connectivity index (χ1v) is 6.12. The van der Waals surface area contributed by atoms with E-state index in [1.165, 1.54) is 0 Å². The van der Waals surface area contributed by atoms with Crippen molar-refractivity contribution >= 4 is 6.09 Å². The highest BCUT2D eigenvalue weighted by molar-refractivity contribution is 5.68. The first-order valence-electron chi connectivity index (χ1n) is 6.12. The molecule has 94 valence electrons. The van der Waals surface area contributed by atoms with Crippen molar-refractivity contribution in [3.8, 4) is 0 Å². The SMILES string of the molecule is CCN1CCC[C@H](NC(=O)OC(C)(C)C)C1. The predicted octanol–water partition coefficient (Wildman–Crippen LogP) is 2.00. The Morgan fingerprint density at radius 3 is 2.75 bits per heavy atom. The van der Waals surface area contributed by atoms with E-state index in [1.807, 2.05) is 20.8 Å². The highest BCUT2D eigenvalue weighted by Gasteiger charge is 2.23. The van der Waals surface area contributed by atoms with Crippen molar-refractivity contribution in [2.45, 2.75) is 52.2 Å². The fourth-order valence-corrected chi connectivity index (χ4v) is 1.93. The summed E-state index contributed by atoms with van der Waals surface area (Å²) < 4.78 is 5.24. The Morgan fingerprint density at radius 2 is 2.19 bits per heavy atom. The molecule has 1 heterocycles. The molecular formula is C12H24N2O2. The smallest absolute Gasteiger partial charge is 0.407 e. The van der Waals surface area contributed by atoms with Crippen LogP contribution in [0, 0.1) is 0 Å². The van der Waals surface area contributed by atoms with E-state index in [-0.39, 0.29) is 12.1 Å². The zero-order chi connectivity index (χ0) is 12.2. The number of likely N-dealkylation sites (N-methyl/N-ethyl adjacent to an activating group) is 1. The Balaban J connectivity index is 2.33. The fourth-order valence-electron chi connectivity index (χ4n) is 1.93. The molecule has 0 bridgehead atoms. The standard InChI is InChI=1S/C12H24N2O2/c1-5-14-8-6-7-10(9-14)13-11(15)16-12(2,3)4/h10H,5-9H2,1-4H3,(H,13,15)/t10-/m0/s1. The maximum atomic E-state index is 11.6. The lowest BCUT2D eigenvalue weighted by molar-refractivity contribution is 0.0474. The number of carbonyl (C=O) groups is 1. The Hall–Kier alpha value is -0.770. The van der Waals surface area contributed by atoms with Crippen LogP contribution in [0.4, 0.5) is 4.79 Å². The van der Waals surface area contributed by atoms with Crippen LogP contribution in [0.5, 0.6) is 0 Å².